The smallest absolute Gasteiger partial charge is 0.159 e. The predicted molar refractivity (Wildman–Crippen MR) is 79.4 cm³/mol. The van der Waals surface area contributed by atoms with E-state index in [4.69, 9.17) is 0 Å². The van der Waals surface area contributed by atoms with Crippen molar-refractivity contribution in [3.8, 4) is 0 Å². The molecule has 0 heterocycles. The molecule has 112 valence electrons. The summed E-state index contributed by atoms with van der Waals surface area (Å²) in [5, 5.41) is 0. The number of carbonyl (C=O) groups excluding carboxylic acids is 2. The van der Waals surface area contributed by atoms with Crippen LogP contribution in [0.3, 0.4) is 0 Å². The van der Waals surface area contributed by atoms with Gasteiger partial charge in [-0.05, 0) is 51.4 Å². The van der Waals surface area contributed by atoms with Crippen LogP contribution in [0.25, 0.3) is 0 Å². The van der Waals surface area contributed by atoms with Crippen LogP contribution < -0.4 is 0 Å². The van der Waals surface area contributed by atoms with Gasteiger partial charge in [-0.15, -0.1) is 0 Å². The van der Waals surface area contributed by atoms with Gasteiger partial charge in [0.05, 0.1) is 10.8 Å². The number of carbonyl (C=O) groups is 2. The Kier molecular flexibility index (Phi) is 3.54. The molecule has 0 aromatic rings. The summed E-state index contributed by atoms with van der Waals surface area (Å²) >= 11 is 0. The third-order valence-electron chi connectivity index (χ3n) is 6.73. The van der Waals surface area contributed by atoms with Crippen LogP contribution in [0.15, 0.2) is 0 Å². The number of Topliss-reactive ketones (excluding diaryl/α,β-unsaturated/α-hetero) is 2. The average molecular weight is 276 g/mol. The first-order valence-corrected chi connectivity index (χ1v) is 8.62. The molecule has 3 aliphatic carbocycles. The molecule has 0 bridgehead atoms. The van der Waals surface area contributed by atoms with Gasteiger partial charge in [0.15, 0.2) is 11.6 Å². The molecule has 3 fully saturated rings. The first-order chi connectivity index (χ1) is 9.52. The Morgan fingerprint density at radius 3 is 1.25 bits per heavy atom. The van der Waals surface area contributed by atoms with Crippen LogP contribution in [-0.2, 0) is 9.59 Å². The van der Waals surface area contributed by atoms with E-state index in [-0.39, 0.29) is 11.6 Å². The Morgan fingerprint density at radius 1 is 0.650 bits per heavy atom. The molecule has 0 unspecified atom stereocenters. The molecule has 0 aromatic carbocycles. The third-order valence-corrected chi connectivity index (χ3v) is 6.73. The molecule has 0 N–H and O–H groups in total. The van der Waals surface area contributed by atoms with Gasteiger partial charge in [-0.2, -0.15) is 0 Å². The first kappa shape index (κ1) is 14.3. The second kappa shape index (κ2) is 4.96. The normalized spacial score (nSPS) is 40.7. The minimum atomic E-state index is -0.632. The van der Waals surface area contributed by atoms with Crippen molar-refractivity contribution in [2.75, 3.05) is 0 Å². The molecule has 0 aromatic heterocycles. The molecule has 3 aliphatic rings. The van der Waals surface area contributed by atoms with E-state index in [9.17, 15) is 9.59 Å². The van der Waals surface area contributed by atoms with Gasteiger partial charge >= 0.3 is 0 Å². The molecule has 20 heavy (non-hydrogen) atoms. The SMILES string of the molecule is CC1(C2CCCCC2)C(=O)C(C)(C2CCCCC2)C1=O. The van der Waals surface area contributed by atoms with Crippen LogP contribution in [0.1, 0.15) is 78.1 Å². The molecule has 0 atom stereocenters. The lowest BCUT2D eigenvalue weighted by Gasteiger charge is -2.56. The number of hydrogen-bond acceptors (Lipinski definition) is 2. The monoisotopic (exact) mass is 276 g/mol. The fourth-order valence-corrected chi connectivity index (χ4v) is 5.32. The van der Waals surface area contributed by atoms with Gasteiger partial charge in [-0.25, -0.2) is 0 Å². The largest absolute Gasteiger partial charge is 0.297 e. The van der Waals surface area contributed by atoms with Crippen LogP contribution in [-0.4, -0.2) is 11.6 Å². The Bertz CT molecular complexity index is 359. The summed E-state index contributed by atoms with van der Waals surface area (Å²) in [6, 6.07) is 0. The maximum absolute atomic E-state index is 13.0. The Hall–Kier alpha value is -0.660. The summed E-state index contributed by atoms with van der Waals surface area (Å²) < 4.78 is 0. The molecular formula is C18H28O2. The summed E-state index contributed by atoms with van der Waals surface area (Å²) in [5.41, 5.74) is -1.26. The highest BCUT2D eigenvalue weighted by atomic mass is 16.2. The first-order valence-electron chi connectivity index (χ1n) is 8.62. The van der Waals surface area contributed by atoms with E-state index in [2.05, 4.69) is 0 Å². The fourth-order valence-electron chi connectivity index (χ4n) is 5.32. The van der Waals surface area contributed by atoms with Crippen molar-refractivity contribution in [3.05, 3.63) is 0 Å². The van der Waals surface area contributed by atoms with E-state index in [1.54, 1.807) is 0 Å². The van der Waals surface area contributed by atoms with Crippen molar-refractivity contribution < 1.29 is 9.59 Å². The highest BCUT2D eigenvalue weighted by molar-refractivity contribution is 6.30. The molecule has 2 heteroatoms. The van der Waals surface area contributed by atoms with Crippen molar-refractivity contribution in [3.63, 3.8) is 0 Å². The van der Waals surface area contributed by atoms with E-state index in [1.807, 2.05) is 13.8 Å². The van der Waals surface area contributed by atoms with E-state index in [1.165, 1.54) is 38.5 Å². The van der Waals surface area contributed by atoms with Crippen LogP contribution in [0.4, 0.5) is 0 Å². The van der Waals surface area contributed by atoms with Gasteiger partial charge in [0.2, 0.25) is 0 Å². The van der Waals surface area contributed by atoms with Crippen molar-refractivity contribution in [1.29, 1.82) is 0 Å². The molecule has 0 saturated heterocycles. The molecule has 0 amide bonds. The van der Waals surface area contributed by atoms with E-state index < -0.39 is 10.8 Å². The molecule has 0 aliphatic heterocycles. The van der Waals surface area contributed by atoms with Crippen LogP contribution in [0, 0.1) is 22.7 Å². The van der Waals surface area contributed by atoms with Gasteiger partial charge in [0, 0.05) is 0 Å². The summed E-state index contributed by atoms with van der Waals surface area (Å²) in [6.45, 7) is 3.91. The fraction of sp³-hybridized carbons (Fsp3) is 0.889. The molecular weight excluding hydrogens is 248 g/mol. The predicted octanol–water partition coefficient (Wildman–Crippen LogP) is 4.31. The average Bonchev–Trinajstić information content (AvgIpc) is 2.54. The van der Waals surface area contributed by atoms with Crippen LogP contribution in [0.2, 0.25) is 0 Å². The molecule has 0 spiro atoms. The summed E-state index contributed by atoms with van der Waals surface area (Å²) in [7, 11) is 0. The third kappa shape index (κ3) is 1.76. The van der Waals surface area contributed by atoms with Crippen LogP contribution in [0.5, 0.6) is 0 Å². The van der Waals surface area contributed by atoms with Crippen molar-refractivity contribution >= 4 is 11.6 Å². The van der Waals surface area contributed by atoms with E-state index in [0.717, 1.165) is 25.7 Å². The lowest BCUT2D eigenvalue weighted by atomic mass is 9.42. The topological polar surface area (TPSA) is 34.1 Å². The second-order valence-electron chi connectivity index (χ2n) is 7.73. The second-order valence-corrected chi connectivity index (χ2v) is 7.73. The maximum Gasteiger partial charge on any atom is 0.159 e. The molecule has 3 saturated carbocycles. The lowest BCUT2D eigenvalue weighted by molar-refractivity contribution is -0.180. The maximum atomic E-state index is 13.0. The zero-order valence-electron chi connectivity index (χ0n) is 13.0. The standard InChI is InChI=1S/C18H28O2/c1-17(13-9-5-3-6-10-13)15(19)18(2,16(17)20)14-11-7-4-8-12-14/h13-14H,3-12H2,1-2H3. The Labute approximate surface area is 122 Å². The minimum Gasteiger partial charge on any atom is -0.297 e. The van der Waals surface area contributed by atoms with Gasteiger partial charge in [0.25, 0.3) is 0 Å². The Morgan fingerprint density at radius 2 is 0.950 bits per heavy atom. The van der Waals surface area contributed by atoms with Gasteiger partial charge in [-0.1, -0.05) is 38.5 Å². The molecule has 0 radical (unpaired) electrons. The minimum absolute atomic E-state index is 0.286. The highest BCUT2D eigenvalue weighted by Crippen LogP contribution is 2.59. The highest BCUT2D eigenvalue weighted by Gasteiger charge is 2.70. The van der Waals surface area contributed by atoms with Gasteiger partial charge < -0.3 is 0 Å². The van der Waals surface area contributed by atoms with Crippen molar-refractivity contribution in [2.24, 2.45) is 22.7 Å². The molecule has 3 rings (SSSR count). The number of rotatable bonds is 2. The van der Waals surface area contributed by atoms with Crippen molar-refractivity contribution in [2.45, 2.75) is 78.1 Å². The van der Waals surface area contributed by atoms with Gasteiger partial charge in [0.1, 0.15) is 0 Å². The van der Waals surface area contributed by atoms with Crippen LogP contribution >= 0.6 is 0 Å². The zero-order valence-corrected chi connectivity index (χ0v) is 13.0. The quantitative estimate of drug-likeness (QED) is 0.704. The lowest BCUT2D eigenvalue weighted by Crippen LogP contribution is -2.69. The van der Waals surface area contributed by atoms with E-state index in [0.29, 0.717) is 11.8 Å². The number of ketones is 2. The summed E-state index contributed by atoms with van der Waals surface area (Å²) in [4.78, 5) is 26.0. The van der Waals surface area contributed by atoms with E-state index >= 15 is 0 Å². The van der Waals surface area contributed by atoms with Crippen molar-refractivity contribution in [1.82, 2.24) is 0 Å². The molecule has 2 nitrogen and oxygen atoms in total. The zero-order chi connectivity index (χ0) is 14.4. The summed E-state index contributed by atoms with van der Waals surface area (Å²) in [6.07, 6.45) is 11.6. The Balaban J connectivity index is 1.80. The van der Waals surface area contributed by atoms with Gasteiger partial charge in [-0.3, -0.25) is 9.59 Å². The summed E-state index contributed by atoms with van der Waals surface area (Å²) in [5.74, 6) is 1.23. The number of hydrogen-bond donors (Lipinski definition) is 0.